The third-order valence-corrected chi connectivity index (χ3v) is 6.29. The Morgan fingerprint density at radius 3 is 2.52 bits per heavy atom. The Morgan fingerprint density at radius 1 is 1.00 bits per heavy atom. The Morgan fingerprint density at radius 2 is 1.76 bits per heavy atom. The number of carbonyl (C=O) groups is 1. The summed E-state index contributed by atoms with van der Waals surface area (Å²) in [4.78, 5) is 13.1. The average Bonchev–Trinajstić information content (AvgIpc) is 3.20. The number of nitrogens with one attached hydrogen (secondary N) is 1. The number of para-hydroxylation sites is 1. The van der Waals surface area contributed by atoms with E-state index in [1.165, 1.54) is 11.6 Å². The zero-order valence-electron chi connectivity index (χ0n) is 19.3. The van der Waals surface area contributed by atoms with Crippen LogP contribution in [0.5, 0.6) is 0 Å². The van der Waals surface area contributed by atoms with Gasteiger partial charge in [-0.25, -0.2) is 4.39 Å². The number of rotatable bonds is 9. The van der Waals surface area contributed by atoms with Gasteiger partial charge < -0.3 is 9.88 Å². The van der Waals surface area contributed by atoms with Gasteiger partial charge >= 0.3 is 0 Å². The molecule has 1 heterocycles. The molecule has 2 unspecified atom stereocenters. The highest BCUT2D eigenvalue weighted by Gasteiger charge is 2.23. The zero-order chi connectivity index (χ0) is 23.2. The zero-order valence-corrected chi connectivity index (χ0v) is 19.3. The van der Waals surface area contributed by atoms with Gasteiger partial charge in [-0.3, -0.25) is 4.79 Å². The maximum Gasteiger partial charge on any atom is 0.221 e. The summed E-state index contributed by atoms with van der Waals surface area (Å²) >= 11 is 0. The van der Waals surface area contributed by atoms with Crippen LogP contribution in [0.2, 0.25) is 0 Å². The molecule has 2 atom stereocenters. The Balaban J connectivity index is 1.56. The molecule has 0 fully saturated rings. The number of carbonyl (C=O) groups excluding carboxylic acids is 1. The van der Waals surface area contributed by atoms with Crippen molar-refractivity contribution in [2.75, 3.05) is 0 Å². The largest absolute Gasteiger partial charge is 0.354 e. The highest BCUT2D eigenvalue weighted by Crippen LogP contribution is 2.35. The summed E-state index contributed by atoms with van der Waals surface area (Å²) in [7, 11) is 0. The van der Waals surface area contributed by atoms with Crippen LogP contribution in [0.4, 0.5) is 4.39 Å². The molecule has 0 bridgehead atoms. The van der Waals surface area contributed by atoms with E-state index in [1.807, 2.05) is 43.3 Å². The molecule has 1 aromatic heterocycles. The molecule has 0 aliphatic rings. The molecule has 4 heteroatoms. The van der Waals surface area contributed by atoms with Gasteiger partial charge in [0.1, 0.15) is 5.82 Å². The van der Waals surface area contributed by atoms with Crippen LogP contribution in [-0.4, -0.2) is 16.5 Å². The lowest BCUT2D eigenvalue weighted by molar-refractivity contribution is -0.121. The van der Waals surface area contributed by atoms with Gasteiger partial charge in [-0.15, -0.1) is 0 Å². The summed E-state index contributed by atoms with van der Waals surface area (Å²) in [5.74, 6) is -0.522. The van der Waals surface area contributed by atoms with Crippen LogP contribution in [0.3, 0.4) is 0 Å². The fourth-order valence-electron chi connectivity index (χ4n) is 4.56. The lowest BCUT2D eigenvalue weighted by atomic mass is 9.88. The van der Waals surface area contributed by atoms with Gasteiger partial charge in [0, 0.05) is 42.0 Å². The minimum atomic E-state index is -0.284. The first-order valence-electron chi connectivity index (χ1n) is 11.7. The Labute approximate surface area is 195 Å². The van der Waals surface area contributed by atoms with Crippen LogP contribution in [0.25, 0.3) is 10.9 Å². The second kappa shape index (κ2) is 10.5. The molecule has 4 aromatic rings. The SMILES string of the molecule is CCn1cc(C(CC(=O)NC(C)CCc2ccccc2)c2cccc(F)c2)c2ccccc21. The third-order valence-electron chi connectivity index (χ3n) is 6.29. The molecule has 33 heavy (non-hydrogen) atoms. The van der Waals surface area contributed by atoms with Gasteiger partial charge in [0.15, 0.2) is 0 Å². The molecule has 0 saturated carbocycles. The predicted octanol–water partition coefficient (Wildman–Crippen LogP) is 6.46. The van der Waals surface area contributed by atoms with Crippen LogP contribution in [0.15, 0.2) is 85.1 Å². The molecular formula is C29H31FN2O. The van der Waals surface area contributed by atoms with E-state index in [-0.39, 0.29) is 30.1 Å². The van der Waals surface area contributed by atoms with E-state index < -0.39 is 0 Å². The predicted molar refractivity (Wildman–Crippen MR) is 133 cm³/mol. The molecule has 0 radical (unpaired) electrons. The molecule has 3 nitrogen and oxygen atoms in total. The van der Waals surface area contributed by atoms with Crippen molar-refractivity contribution in [1.82, 2.24) is 9.88 Å². The van der Waals surface area contributed by atoms with E-state index in [0.29, 0.717) is 0 Å². The quantitative estimate of drug-likeness (QED) is 0.317. The van der Waals surface area contributed by atoms with E-state index in [9.17, 15) is 9.18 Å². The number of aromatic nitrogens is 1. The first-order chi connectivity index (χ1) is 16.0. The summed E-state index contributed by atoms with van der Waals surface area (Å²) in [5, 5.41) is 4.27. The van der Waals surface area contributed by atoms with Gasteiger partial charge in [0.05, 0.1) is 0 Å². The molecular weight excluding hydrogens is 411 g/mol. The number of benzene rings is 3. The van der Waals surface area contributed by atoms with E-state index in [0.717, 1.165) is 41.4 Å². The maximum absolute atomic E-state index is 14.1. The summed E-state index contributed by atoms with van der Waals surface area (Å²) < 4.78 is 16.3. The molecule has 0 spiro atoms. The first kappa shape index (κ1) is 22.8. The molecule has 3 aromatic carbocycles. The van der Waals surface area contributed by atoms with E-state index >= 15 is 0 Å². The van der Waals surface area contributed by atoms with Crippen molar-refractivity contribution in [2.45, 2.75) is 51.6 Å². The van der Waals surface area contributed by atoms with Crippen LogP contribution >= 0.6 is 0 Å². The van der Waals surface area contributed by atoms with Crippen molar-refractivity contribution in [3.8, 4) is 0 Å². The molecule has 0 saturated heterocycles. The van der Waals surface area contributed by atoms with Crippen molar-refractivity contribution in [2.24, 2.45) is 0 Å². The fraction of sp³-hybridized carbons (Fsp3) is 0.276. The van der Waals surface area contributed by atoms with Crippen LogP contribution in [0, 0.1) is 5.82 Å². The molecule has 170 valence electrons. The number of fused-ring (bicyclic) bond motifs is 1. The summed E-state index contributed by atoms with van der Waals surface area (Å²) in [6.07, 6.45) is 4.18. The summed E-state index contributed by atoms with van der Waals surface area (Å²) in [5.41, 5.74) is 4.28. The highest BCUT2D eigenvalue weighted by molar-refractivity contribution is 5.86. The highest BCUT2D eigenvalue weighted by atomic mass is 19.1. The summed E-state index contributed by atoms with van der Waals surface area (Å²) in [6.45, 7) is 4.98. The Bertz CT molecular complexity index is 1210. The second-order valence-corrected chi connectivity index (χ2v) is 8.69. The Hall–Kier alpha value is -3.40. The van der Waals surface area contributed by atoms with Crippen LogP contribution in [-0.2, 0) is 17.8 Å². The number of halogens is 1. The number of aryl methyl sites for hydroxylation is 2. The van der Waals surface area contributed by atoms with Gasteiger partial charge in [-0.2, -0.15) is 0 Å². The van der Waals surface area contributed by atoms with Crippen LogP contribution in [0.1, 0.15) is 49.3 Å². The maximum atomic E-state index is 14.1. The van der Waals surface area contributed by atoms with Crippen molar-refractivity contribution in [1.29, 1.82) is 0 Å². The molecule has 0 aliphatic carbocycles. The number of hydrogen-bond donors (Lipinski definition) is 1. The van der Waals surface area contributed by atoms with E-state index in [4.69, 9.17) is 0 Å². The number of hydrogen-bond acceptors (Lipinski definition) is 1. The molecule has 1 N–H and O–H groups in total. The minimum absolute atomic E-state index is 0.0156. The van der Waals surface area contributed by atoms with Gasteiger partial charge in [-0.05, 0) is 61.6 Å². The Kier molecular flexibility index (Phi) is 7.23. The smallest absolute Gasteiger partial charge is 0.221 e. The van der Waals surface area contributed by atoms with Crippen LogP contribution < -0.4 is 5.32 Å². The lowest BCUT2D eigenvalue weighted by Gasteiger charge is -2.20. The van der Waals surface area contributed by atoms with Gasteiger partial charge in [0.2, 0.25) is 5.91 Å². The van der Waals surface area contributed by atoms with Crippen molar-refractivity contribution in [3.63, 3.8) is 0 Å². The lowest BCUT2D eigenvalue weighted by Crippen LogP contribution is -2.33. The average molecular weight is 443 g/mol. The van der Waals surface area contributed by atoms with E-state index in [1.54, 1.807) is 12.1 Å². The summed E-state index contributed by atoms with van der Waals surface area (Å²) in [6, 6.07) is 25.2. The molecule has 1 amide bonds. The monoisotopic (exact) mass is 442 g/mol. The van der Waals surface area contributed by atoms with Crippen molar-refractivity contribution < 1.29 is 9.18 Å². The fourth-order valence-corrected chi connectivity index (χ4v) is 4.56. The first-order valence-corrected chi connectivity index (χ1v) is 11.7. The molecule has 4 rings (SSSR count). The van der Waals surface area contributed by atoms with Gasteiger partial charge in [0.25, 0.3) is 0 Å². The molecule has 0 aliphatic heterocycles. The van der Waals surface area contributed by atoms with Crippen molar-refractivity contribution >= 4 is 16.8 Å². The topological polar surface area (TPSA) is 34.0 Å². The standard InChI is InChI=1S/C29H31FN2O/c1-3-32-20-27(25-14-7-8-15-28(25)32)26(23-12-9-13-24(30)18-23)19-29(33)31-21(2)16-17-22-10-5-4-6-11-22/h4-15,18,20-21,26H,3,16-17,19H2,1-2H3,(H,31,33). The third kappa shape index (κ3) is 5.51. The normalized spacial score (nSPS) is 13.1. The minimum Gasteiger partial charge on any atom is -0.354 e. The van der Waals surface area contributed by atoms with Gasteiger partial charge in [-0.1, -0.05) is 60.7 Å². The second-order valence-electron chi connectivity index (χ2n) is 8.69. The number of nitrogens with zero attached hydrogens (tertiary/aromatic N) is 1. The van der Waals surface area contributed by atoms with E-state index in [2.05, 4.69) is 47.3 Å². The number of amides is 1. The van der Waals surface area contributed by atoms with Crippen molar-refractivity contribution in [3.05, 3.63) is 108 Å².